The average Bonchev–Trinajstić information content (AvgIpc) is 2.36. The van der Waals surface area contributed by atoms with Gasteiger partial charge >= 0.3 is 0 Å². The van der Waals surface area contributed by atoms with E-state index in [9.17, 15) is 9.59 Å². The number of carbonyl (C=O) groups excluding carboxylic acids is 2. The van der Waals surface area contributed by atoms with E-state index in [1.165, 1.54) is 12.2 Å². The van der Waals surface area contributed by atoms with Crippen molar-refractivity contribution < 1.29 is 9.59 Å². The summed E-state index contributed by atoms with van der Waals surface area (Å²) in [6, 6.07) is 10.9. The van der Waals surface area contributed by atoms with Gasteiger partial charge in [0.1, 0.15) is 6.07 Å². The van der Waals surface area contributed by atoms with Crippen LogP contribution < -0.4 is 0 Å². The number of benzene rings is 1. The van der Waals surface area contributed by atoms with Gasteiger partial charge in [-0.25, -0.2) is 0 Å². The van der Waals surface area contributed by atoms with Crippen LogP contribution in [0.2, 0.25) is 0 Å². The number of allylic oxidation sites excluding steroid dienone is 4. The highest BCUT2D eigenvalue weighted by Crippen LogP contribution is 2.23. The van der Waals surface area contributed by atoms with E-state index in [4.69, 9.17) is 5.26 Å². The van der Waals surface area contributed by atoms with Crippen molar-refractivity contribution in [3.05, 3.63) is 53.6 Å². The zero-order valence-corrected chi connectivity index (χ0v) is 9.01. The Hall–Kier alpha value is -2.47. The van der Waals surface area contributed by atoms with Gasteiger partial charge in [-0.3, -0.25) is 9.59 Å². The van der Waals surface area contributed by atoms with Crippen LogP contribution in [0.15, 0.2) is 48.1 Å². The molecule has 0 bridgehead atoms. The van der Waals surface area contributed by atoms with Gasteiger partial charge in [0.15, 0.2) is 11.6 Å². The van der Waals surface area contributed by atoms with Crippen molar-refractivity contribution in [2.75, 3.05) is 0 Å². The lowest BCUT2D eigenvalue weighted by atomic mass is 9.91. The van der Waals surface area contributed by atoms with E-state index in [2.05, 4.69) is 0 Å². The molecule has 0 aromatic heterocycles. The fraction of sp³-hybridized carbons (Fsp3) is 0.0714. The Morgan fingerprint density at radius 2 is 1.82 bits per heavy atom. The summed E-state index contributed by atoms with van der Waals surface area (Å²) < 4.78 is 0. The second kappa shape index (κ2) is 4.58. The monoisotopic (exact) mass is 223 g/mol. The number of ketones is 2. The van der Waals surface area contributed by atoms with E-state index in [0.717, 1.165) is 0 Å². The SMILES string of the molecule is N#CC(=C1CC(=O)C=CC1=O)c1ccccc1. The van der Waals surface area contributed by atoms with Crippen molar-refractivity contribution in [2.45, 2.75) is 6.42 Å². The molecule has 3 nitrogen and oxygen atoms in total. The zero-order chi connectivity index (χ0) is 12.3. The molecule has 0 heterocycles. The molecular formula is C14H9NO2. The maximum absolute atomic E-state index is 11.7. The summed E-state index contributed by atoms with van der Waals surface area (Å²) in [6.07, 6.45) is 2.49. The number of hydrogen-bond acceptors (Lipinski definition) is 3. The summed E-state index contributed by atoms with van der Waals surface area (Å²) >= 11 is 0. The Kier molecular flexibility index (Phi) is 2.97. The third kappa shape index (κ3) is 2.21. The summed E-state index contributed by atoms with van der Waals surface area (Å²) in [7, 11) is 0. The minimum absolute atomic E-state index is 0.00706. The molecule has 17 heavy (non-hydrogen) atoms. The Labute approximate surface area is 98.7 Å². The molecule has 1 aromatic carbocycles. The van der Waals surface area contributed by atoms with Crippen LogP contribution in [0.5, 0.6) is 0 Å². The highest BCUT2D eigenvalue weighted by molar-refractivity contribution is 6.19. The second-order valence-electron chi connectivity index (χ2n) is 3.67. The van der Waals surface area contributed by atoms with Gasteiger partial charge in [0.2, 0.25) is 0 Å². The lowest BCUT2D eigenvalue weighted by Crippen LogP contribution is -2.12. The van der Waals surface area contributed by atoms with Gasteiger partial charge in [0.05, 0.1) is 5.57 Å². The van der Waals surface area contributed by atoms with Crippen molar-refractivity contribution >= 4 is 17.1 Å². The summed E-state index contributed by atoms with van der Waals surface area (Å²) in [5, 5.41) is 9.14. The molecule has 0 N–H and O–H groups in total. The van der Waals surface area contributed by atoms with E-state index >= 15 is 0 Å². The maximum Gasteiger partial charge on any atom is 0.183 e. The van der Waals surface area contributed by atoms with Crippen LogP contribution in [0.3, 0.4) is 0 Å². The van der Waals surface area contributed by atoms with Crippen LogP contribution >= 0.6 is 0 Å². The molecule has 0 unspecified atom stereocenters. The molecule has 0 saturated carbocycles. The topological polar surface area (TPSA) is 57.9 Å². The molecule has 0 saturated heterocycles. The van der Waals surface area contributed by atoms with E-state index in [1.807, 2.05) is 12.1 Å². The average molecular weight is 223 g/mol. The minimum Gasteiger partial charge on any atom is -0.294 e. The van der Waals surface area contributed by atoms with Gasteiger partial charge in [-0.05, 0) is 17.7 Å². The summed E-state index contributed by atoms with van der Waals surface area (Å²) in [5.41, 5.74) is 1.24. The molecule has 3 heteroatoms. The Balaban J connectivity index is 2.56. The molecule has 1 aliphatic rings. The summed E-state index contributed by atoms with van der Waals surface area (Å²) in [5.74, 6) is -0.409. The molecule has 0 aliphatic heterocycles. The molecular weight excluding hydrogens is 214 g/mol. The van der Waals surface area contributed by atoms with Crippen LogP contribution in [0.4, 0.5) is 0 Å². The van der Waals surface area contributed by atoms with Crippen molar-refractivity contribution in [1.82, 2.24) is 0 Å². The van der Waals surface area contributed by atoms with Gasteiger partial charge in [-0.1, -0.05) is 30.3 Å². The fourth-order valence-corrected chi connectivity index (χ4v) is 1.71. The molecule has 1 aliphatic carbocycles. The first-order valence-corrected chi connectivity index (χ1v) is 5.16. The van der Waals surface area contributed by atoms with Crippen LogP contribution in [-0.2, 0) is 9.59 Å². The Morgan fingerprint density at radius 1 is 1.12 bits per heavy atom. The highest BCUT2D eigenvalue weighted by Gasteiger charge is 2.20. The van der Waals surface area contributed by atoms with Crippen molar-refractivity contribution in [2.24, 2.45) is 0 Å². The number of rotatable bonds is 1. The summed E-state index contributed by atoms with van der Waals surface area (Å²) in [4.78, 5) is 23.0. The zero-order valence-electron chi connectivity index (χ0n) is 9.01. The van der Waals surface area contributed by atoms with E-state index in [0.29, 0.717) is 5.56 Å². The molecule has 0 fully saturated rings. The normalized spacial score (nSPS) is 17.8. The highest BCUT2D eigenvalue weighted by atomic mass is 16.1. The van der Waals surface area contributed by atoms with Crippen molar-refractivity contribution in [3.63, 3.8) is 0 Å². The lowest BCUT2D eigenvalue weighted by molar-refractivity contribution is -0.118. The number of nitriles is 1. The maximum atomic E-state index is 11.7. The largest absolute Gasteiger partial charge is 0.294 e. The van der Waals surface area contributed by atoms with E-state index < -0.39 is 0 Å². The van der Waals surface area contributed by atoms with Gasteiger partial charge in [0, 0.05) is 12.0 Å². The molecule has 0 atom stereocenters. The Morgan fingerprint density at radius 3 is 2.47 bits per heavy atom. The van der Waals surface area contributed by atoms with E-state index in [1.54, 1.807) is 24.3 Å². The lowest BCUT2D eigenvalue weighted by Gasteiger charge is -2.09. The molecule has 82 valence electrons. The predicted octanol–water partition coefficient (Wildman–Crippen LogP) is 2.06. The first-order valence-electron chi connectivity index (χ1n) is 5.16. The van der Waals surface area contributed by atoms with Gasteiger partial charge < -0.3 is 0 Å². The first kappa shape index (κ1) is 11.0. The predicted molar refractivity (Wildman–Crippen MR) is 62.7 cm³/mol. The van der Waals surface area contributed by atoms with Crippen LogP contribution in [0, 0.1) is 11.3 Å². The van der Waals surface area contributed by atoms with Crippen molar-refractivity contribution in [3.8, 4) is 6.07 Å². The van der Waals surface area contributed by atoms with Crippen molar-refractivity contribution in [1.29, 1.82) is 5.26 Å². The molecule has 0 radical (unpaired) electrons. The number of hydrogen-bond donors (Lipinski definition) is 0. The fourth-order valence-electron chi connectivity index (χ4n) is 1.71. The Bertz CT molecular complexity index is 574. The second-order valence-corrected chi connectivity index (χ2v) is 3.67. The van der Waals surface area contributed by atoms with Crippen LogP contribution in [0.25, 0.3) is 5.57 Å². The molecule has 0 spiro atoms. The number of carbonyl (C=O) groups is 2. The quantitative estimate of drug-likeness (QED) is 0.541. The molecule has 1 aromatic rings. The summed E-state index contributed by atoms with van der Waals surface area (Å²) in [6.45, 7) is 0. The number of nitrogens with zero attached hydrogens (tertiary/aromatic N) is 1. The molecule has 2 rings (SSSR count). The van der Waals surface area contributed by atoms with Gasteiger partial charge in [-0.2, -0.15) is 5.26 Å². The van der Waals surface area contributed by atoms with Gasteiger partial charge in [-0.15, -0.1) is 0 Å². The first-order chi connectivity index (χ1) is 8.22. The molecule has 0 amide bonds. The van der Waals surface area contributed by atoms with E-state index in [-0.39, 0.29) is 29.1 Å². The standard InChI is InChI=1S/C14H9NO2/c15-9-13(10-4-2-1-3-5-10)12-8-11(16)6-7-14(12)17/h1-7H,8H2. The third-order valence-corrected chi connectivity index (χ3v) is 2.55. The minimum atomic E-state index is -0.259. The smallest absolute Gasteiger partial charge is 0.183 e. The van der Waals surface area contributed by atoms with Crippen LogP contribution in [-0.4, -0.2) is 11.6 Å². The van der Waals surface area contributed by atoms with Gasteiger partial charge in [0.25, 0.3) is 0 Å². The third-order valence-electron chi connectivity index (χ3n) is 2.55. The van der Waals surface area contributed by atoms with Crippen LogP contribution in [0.1, 0.15) is 12.0 Å².